The molecule has 0 heterocycles. The smallest absolute Gasteiger partial charge is 0.122 e. The van der Waals surface area contributed by atoms with Crippen molar-refractivity contribution in [3.05, 3.63) is 23.8 Å². The van der Waals surface area contributed by atoms with Crippen molar-refractivity contribution in [2.45, 2.75) is 19.3 Å². The van der Waals surface area contributed by atoms with Crippen LogP contribution >= 0.6 is 0 Å². The molecule has 0 bridgehead atoms. The molecule has 3 nitrogen and oxygen atoms in total. The molecule has 0 aromatic heterocycles. The van der Waals surface area contributed by atoms with Crippen molar-refractivity contribution in [3.63, 3.8) is 0 Å². The number of hydrogen-bond acceptors (Lipinski definition) is 3. The minimum atomic E-state index is -0.333. The highest BCUT2D eigenvalue weighted by molar-refractivity contribution is 5.44. The highest BCUT2D eigenvalue weighted by Gasteiger charge is 2.24. The lowest BCUT2D eigenvalue weighted by atomic mass is 9.85. The summed E-state index contributed by atoms with van der Waals surface area (Å²) in [5, 5.41) is 9.33. The van der Waals surface area contributed by atoms with Crippen LogP contribution in [0.15, 0.2) is 18.2 Å². The van der Waals surface area contributed by atoms with E-state index >= 15 is 0 Å². The molecule has 1 aromatic carbocycles. The molecule has 0 spiro atoms. The second kappa shape index (κ2) is 4.53. The molecule has 84 valence electrons. The summed E-state index contributed by atoms with van der Waals surface area (Å²) in [7, 11) is 3.25. The maximum atomic E-state index is 9.33. The number of methoxy groups -OCH3 is 2. The summed E-state index contributed by atoms with van der Waals surface area (Å²) in [6.07, 6.45) is 0. The number of benzene rings is 1. The minimum absolute atomic E-state index is 0.0660. The van der Waals surface area contributed by atoms with E-state index in [1.54, 1.807) is 14.2 Å². The maximum absolute atomic E-state index is 9.33. The molecule has 0 saturated carbocycles. The summed E-state index contributed by atoms with van der Waals surface area (Å²) in [6, 6.07) is 5.59. The Bertz CT molecular complexity index is 332. The highest BCUT2D eigenvalue weighted by atomic mass is 16.5. The van der Waals surface area contributed by atoms with Crippen LogP contribution in [0.4, 0.5) is 0 Å². The van der Waals surface area contributed by atoms with Crippen LogP contribution in [-0.2, 0) is 5.41 Å². The molecule has 0 unspecified atom stereocenters. The quantitative estimate of drug-likeness (QED) is 0.825. The van der Waals surface area contributed by atoms with Crippen molar-refractivity contribution in [3.8, 4) is 11.5 Å². The van der Waals surface area contributed by atoms with Crippen LogP contribution in [-0.4, -0.2) is 25.9 Å². The van der Waals surface area contributed by atoms with Crippen molar-refractivity contribution in [2.75, 3.05) is 20.8 Å². The summed E-state index contributed by atoms with van der Waals surface area (Å²) < 4.78 is 10.4. The molecule has 15 heavy (non-hydrogen) atoms. The van der Waals surface area contributed by atoms with Gasteiger partial charge in [-0.3, -0.25) is 0 Å². The van der Waals surface area contributed by atoms with Gasteiger partial charge < -0.3 is 14.6 Å². The molecule has 3 heteroatoms. The van der Waals surface area contributed by atoms with Gasteiger partial charge in [-0.15, -0.1) is 0 Å². The molecule has 0 fully saturated rings. The number of hydrogen-bond donors (Lipinski definition) is 1. The van der Waals surface area contributed by atoms with Gasteiger partial charge in [0.25, 0.3) is 0 Å². The zero-order valence-corrected chi connectivity index (χ0v) is 9.70. The van der Waals surface area contributed by atoms with Crippen molar-refractivity contribution in [2.24, 2.45) is 0 Å². The number of aliphatic hydroxyl groups excluding tert-OH is 1. The molecular formula is C12H18O3. The maximum Gasteiger partial charge on any atom is 0.122 e. The third-order valence-electron chi connectivity index (χ3n) is 2.53. The van der Waals surface area contributed by atoms with Crippen molar-refractivity contribution in [1.29, 1.82) is 0 Å². The first kappa shape index (κ1) is 11.9. The van der Waals surface area contributed by atoms with Crippen LogP contribution in [0.2, 0.25) is 0 Å². The summed E-state index contributed by atoms with van der Waals surface area (Å²) in [4.78, 5) is 0. The van der Waals surface area contributed by atoms with Crippen LogP contribution in [0.5, 0.6) is 11.5 Å². The normalized spacial score (nSPS) is 11.3. The van der Waals surface area contributed by atoms with Crippen LogP contribution in [0.25, 0.3) is 0 Å². The first-order valence-corrected chi connectivity index (χ1v) is 4.88. The molecule has 1 rings (SSSR count). The van der Waals surface area contributed by atoms with E-state index in [2.05, 4.69) is 0 Å². The second-order valence-corrected chi connectivity index (χ2v) is 4.11. The van der Waals surface area contributed by atoms with Crippen molar-refractivity contribution >= 4 is 0 Å². The third kappa shape index (κ3) is 2.42. The summed E-state index contributed by atoms with van der Waals surface area (Å²) in [6.45, 7) is 3.99. The predicted molar refractivity (Wildman–Crippen MR) is 59.7 cm³/mol. The Morgan fingerprint density at radius 2 is 1.87 bits per heavy atom. The Morgan fingerprint density at radius 3 is 2.33 bits per heavy atom. The van der Waals surface area contributed by atoms with E-state index in [0.29, 0.717) is 0 Å². The lowest BCUT2D eigenvalue weighted by Crippen LogP contribution is -2.22. The van der Waals surface area contributed by atoms with E-state index in [-0.39, 0.29) is 12.0 Å². The fraction of sp³-hybridized carbons (Fsp3) is 0.500. The monoisotopic (exact) mass is 210 g/mol. The molecule has 0 aliphatic carbocycles. The lowest BCUT2D eigenvalue weighted by Gasteiger charge is -2.25. The van der Waals surface area contributed by atoms with Gasteiger partial charge in [-0.25, -0.2) is 0 Å². The molecule has 0 amide bonds. The molecule has 0 radical (unpaired) electrons. The Balaban J connectivity index is 3.23. The highest BCUT2D eigenvalue weighted by Crippen LogP contribution is 2.34. The predicted octanol–water partition coefficient (Wildman–Crippen LogP) is 1.97. The van der Waals surface area contributed by atoms with Gasteiger partial charge in [0.2, 0.25) is 0 Å². The molecule has 0 aliphatic heterocycles. The molecule has 1 aromatic rings. The Hall–Kier alpha value is -1.22. The van der Waals surface area contributed by atoms with Gasteiger partial charge in [0.05, 0.1) is 20.8 Å². The van der Waals surface area contributed by atoms with Gasteiger partial charge in [-0.2, -0.15) is 0 Å². The van der Waals surface area contributed by atoms with Crippen LogP contribution in [0, 0.1) is 0 Å². The summed E-state index contributed by atoms with van der Waals surface area (Å²) >= 11 is 0. The largest absolute Gasteiger partial charge is 0.497 e. The fourth-order valence-electron chi connectivity index (χ4n) is 1.43. The van der Waals surface area contributed by atoms with Gasteiger partial charge in [0.15, 0.2) is 0 Å². The number of rotatable bonds is 4. The standard InChI is InChI=1S/C12H18O3/c1-12(2,8-13)10-7-9(14-3)5-6-11(10)15-4/h5-7,13H,8H2,1-4H3. The van der Waals surface area contributed by atoms with E-state index in [0.717, 1.165) is 17.1 Å². The van der Waals surface area contributed by atoms with Crippen LogP contribution in [0.1, 0.15) is 19.4 Å². The van der Waals surface area contributed by atoms with E-state index in [1.807, 2.05) is 32.0 Å². The summed E-state index contributed by atoms with van der Waals surface area (Å²) in [5.74, 6) is 1.54. The van der Waals surface area contributed by atoms with E-state index < -0.39 is 0 Å². The average molecular weight is 210 g/mol. The van der Waals surface area contributed by atoms with Crippen molar-refractivity contribution < 1.29 is 14.6 Å². The van der Waals surface area contributed by atoms with Gasteiger partial charge in [0, 0.05) is 11.0 Å². The lowest BCUT2D eigenvalue weighted by molar-refractivity contribution is 0.214. The van der Waals surface area contributed by atoms with Gasteiger partial charge in [-0.1, -0.05) is 13.8 Å². The Morgan fingerprint density at radius 1 is 1.20 bits per heavy atom. The zero-order valence-electron chi connectivity index (χ0n) is 9.70. The minimum Gasteiger partial charge on any atom is -0.497 e. The van der Waals surface area contributed by atoms with Gasteiger partial charge in [0.1, 0.15) is 11.5 Å². The Kier molecular flexibility index (Phi) is 3.58. The topological polar surface area (TPSA) is 38.7 Å². The SMILES string of the molecule is COc1ccc(OC)c(C(C)(C)CO)c1. The average Bonchev–Trinajstić information content (AvgIpc) is 2.28. The molecule has 1 N–H and O–H groups in total. The number of aliphatic hydroxyl groups is 1. The van der Waals surface area contributed by atoms with Gasteiger partial charge in [-0.05, 0) is 18.2 Å². The van der Waals surface area contributed by atoms with Crippen LogP contribution < -0.4 is 9.47 Å². The third-order valence-corrected chi connectivity index (χ3v) is 2.53. The Labute approximate surface area is 90.6 Å². The van der Waals surface area contributed by atoms with E-state index in [9.17, 15) is 5.11 Å². The first-order chi connectivity index (χ1) is 7.05. The molecule has 0 saturated heterocycles. The number of ether oxygens (including phenoxy) is 2. The zero-order chi connectivity index (χ0) is 11.5. The second-order valence-electron chi connectivity index (χ2n) is 4.11. The van der Waals surface area contributed by atoms with E-state index in [4.69, 9.17) is 9.47 Å². The van der Waals surface area contributed by atoms with Crippen LogP contribution in [0.3, 0.4) is 0 Å². The van der Waals surface area contributed by atoms with Gasteiger partial charge >= 0.3 is 0 Å². The summed E-state index contributed by atoms with van der Waals surface area (Å²) in [5.41, 5.74) is 0.617. The molecule has 0 atom stereocenters. The fourth-order valence-corrected chi connectivity index (χ4v) is 1.43. The first-order valence-electron chi connectivity index (χ1n) is 4.88. The van der Waals surface area contributed by atoms with E-state index in [1.165, 1.54) is 0 Å². The van der Waals surface area contributed by atoms with Crippen molar-refractivity contribution in [1.82, 2.24) is 0 Å². The molecule has 0 aliphatic rings. The molecular weight excluding hydrogens is 192 g/mol.